The van der Waals surface area contributed by atoms with Gasteiger partial charge in [-0.2, -0.15) is 15.0 Å². The Labute approximate surface area is 232 Å². The second kappa shape index (κ2) is 11.1. The van der Waals surface area contributed by atoms with Gasteiger partial charge >= 0.3 is 0 Å². The summed E-state index contributed by atoms with van der Waals surface area (Å²) in [5.74, 6) is 2.34. The van der Waals surface area contributed by atoms with E-state index in [4.69, 9.17) is 19.7 Å². The minimum atomic E-state index is 0. The van der Waals surface area contributed by atoms with E-state index in [1.54, 1.807) is 0 Å². The summed E-state index contributed by atoms with van der Waals surface area (Å²) in [6.07, 6.45) is 4.29. The molecule has 0 spiro atoms. The molecule has 4 heterocycles. The molecule has 2 N–H and O–H groups in total. The third kappa shape index (κ3) is 7.77. The van der Waals surface area contributed by atoms with Crippen LogP contribution >= 0.6 is 0 Å². The molecule has 3 saturated heterocycles. The van der Waals surface area contributed by atoms with Gasteiger partial charge in [0.1, 0.15) is 5.82 Å². The van der Waals surface area contributed by atoms with Crippen LogP contribution in [0.15, 0.2) is 0 Å². The van der Waals surface area contributed by atoms with Gasteiger partial charge in [-0.1, -0.05) is 7.43 Å². The number of nitrogens with zero attached hydrogens (tertiary/aromatic N) is 6. The number of piperidine rings is 2. The van der Waals surface area contributed by atoms with E-state index in [0.717, 1.165) is 63.2 Å². The third-order valence-corrected chi connectivity index (χ3v) is 8.05. The SMILES string of the molecule is C.Cc1nc(N2CCOCC2)nc(N(CN(C)C2CC(C)(C)NC(C)(C)C2)C2CC(C)(C)NC(C)(C)C2)n1. The molecule has 4 rings (SSSR count). The first-order chi connectivity index (χ1) is 17.0. The van der Waals surface area contributed by atoms with Crippen LogP contribution in [0.25, 0.3) is 0 Å². The molecule has 0 bridgehead atoms. The van der Waals surface area contributed by atoms with Crippen molar-refractivity contribution >= 4 is 11.9 Å². The maximum absolute atomic E-state index is 5.58. The Kier molecular flexibility index (Phi) is 9.08. The van der Waals surface area contributed by atoms with Crippen molar-refractivity contribution in [2.45, 2.75) is 130 Å². The monoisotopic (exact) mass is 532 g/mol. The lowest BCUT2D eigenvalue weighted by molar-refractivity contribution is 0.0757. The smallest absolute Gasteiger partial charge is 0.231 e. The zero-order chi connectivity index (χ0) is 27.2. The van der Waals surface area contributed by atoms with E-state index >= 15 is 0 Å². The predicted molar refractivity (Wildman–Crippen MR) is 158 cm³/mol. The average Bonchev–Trinajstić information content (AvgIpc) is 2.73. The number of nitrogens with one attached hydrogen (secondary N) is 2. The van der Waals surface area contributed by atoms with E-state index in [0.29, 0.717) is 25.3 Å². The van der Waals surface area contributed by atoms with Crippen LogP contribution in [0.3, 0.4) is 0 Å². The van der Waals surface area contributed by atoms with Gasteiger partial charge in [0.15, 0.2) is 0 Å². The molecule has 0 amide bonds. The fourth-order valence-corrected chi connectivity index (χ4v) is 7.25. The molecule has 38 heavy (non-hydrogen) atoms. The molecule has 0 aliphatic carbocycles. The lowest BCUT2D eigenvalue weighted by Gasteiger charge is -2.52. The van der Waals surface area contributed by atoms with Crippen molar-refractivity contribution in [1.82, 2.24) is 30.5 Å². The summed E-state index contributed by atoms with van der Waals surface area (Å²) in [7, 11) is 2.28. The minimum absolute atomic E-state index is 0. The molecule has 9 nitrogen and oxygen atoms in total. The predicted octanol–water partition coefficient (Wildman–Crippen LogP) is 3.97. The van der Waals surface area contributed by atoms with Crippen molar-refractivity contribution in [2.75, 3.05) is 49.8 Å². The van der Waals surface area contributed by atoms with E-state index in [-0.39, 0.29) is 29.6 Å². The van der Waals surface area contributed by atoms with Crippen LogP contribution in [0.1, 0.15) is 94.3 Å². The molecule has 3 aliphatic heterocycles. The average molecular weight is 533 g/mol. The van der Waals surface area contributed by atoms with Gasteiger partial charge in [-0.15, -0.1) is 0 Å². The second-order valence-electron chi connectivity index (χ2n) is 14.4. The van der Waals surface area contributed by atoms with Crippen LogP contribution in [0, 0.1) is 6.92 Å². The normalized spacial score (nSPS) is 25.2. The quantitative estimate of drug-likeness (QED) is 0.529. The molecule has 3 fully saturated rings. The molecule has 1 aromatic heterocycles. The molecule has 0 atom stereocenters. The van der Waals surface area contributed by atoms with Gasteiger partial charge in [-0.3, -0.25) is 4.90 Å². The Hall–Kier alpha value is -1.55. The van der Waals surface area contributed by atoms with E-state index < -0.39 is 0 Å². The lowest BCUT2D eigenvalue weighted by Crippen LogP contribution is -2.65. The van der Waals surface area contributed by atoms with Gasteiger partial charge in [-0.05, 0) is 95.0 Å². The van der Waals surface area contributed by atoms with Crippen molar-refractivity contribution in [1.29, 1.82) is 0 Å². The number of aromatic nitrogens is 3. The number of aryl methyl sites for hydroxylation is 1. The number of hydrogen-bond acceptors (Lipinski definition) is 9. The fourth-order valence-electron chi connectivity index (χ4n) is 7.25. The Morgan fingerprint density at radius 3 is 1.76 bits per heavy atom. The zero-order valence-electron chi connectivity index (χ0n) is 25.1. The Morgan fingerprint density at radius 1 is 0.789 bits per heavy atom. The maximum atomic E-state index is 5.58. The Morgan fingerprint density at radius 2 is 1.26 bits per heavy atom. The van der Waals surface area contributed by atoms with Crippen molar-refractivity contribution in [3.63, 3.8) is 0 Å². The lowest BCUT2D eigenvalue weighted by atomic mass is 9.78. The summed E-state index contributed by atoms with van der Waals surface area (Å²) in [5, 5.41) is 7.70. The van der Waals surface area contributed by atoms with E-state index in [9.17, 15) is 0 Å². The Balaban J connectivity index is 0.00000400. The first-order valence-corrected chi connectivity index (χ1v) is 14.1. The highest BCUT2D eigenvalue weighted by Gasteiger charge is 2.43. The molecule has 0 radical (unpaired) electrons. The largest absolute Gasteiger partial charge is 0.378 e. The molecule has 0 unspecified atom stereocenters. The summed E-state index contributed by atoms with van der Waals surface area (Å²) in [4.78, 5) is 22.0. The number of rotatable bonds is 6. The third-order valence-electron chi connectivity index (χ3n) is 8.05. The van der Waals surface area contributed by atoms with Gasteiger partial charge in [-0.25, -0.2) is 0 Å². The van der Waals surface area contributed by atoms with Crippen LogP contribution in [-0.4, -0.2) is 94.1 Å². The van der Waals surface area contributed by atoms with E-state index in [1.807, 2.05) is 6.92 Å². The molecule has 218 valence electrons. The van der Waals surface area contributed by atoms with Crippen molar-refractivity contribution in [3.8, 4) is 0 Å². The van der Waals surface area contributed by atoms with Gasteiger partial charge in [0.05, 0.1) is 19.9 Å². The minimum Gasteiger partial charge on any atom is -0.378 e. The van der Waals surface area contributed by atoms with Crippen LogP contribution in [-0.2, 0) is 4.74 Å². The number of anilines is 2. The van der Waals surface area contributed by atoms with Gasteiger partial charge in [0.25, 0.3) is 0 Å². The molecular formula is C29H56N8O. The summed E-state index contributed by atoms with van der Waals surface area (Å²) in [5.41, 5.74) is 0.239. The standard InChI is InChI=1S/C28H52N8O.CH4/c1-20-29-23(35-11-13-37-14-12-35)31-24(30-20)36(22-17-27(6,7)33-28(8,9)18-22)19-34(10)21-15-25(2,3)32-26(4,5)16-21;/h21-22,32-33H,11-19H2,1-10H3;1H4. The summed E-state index contributed by atoms with van der Waals surface area (Å²) >= 11 is 0. The summed E-state index contributed by atoms with van der Waals surface area (Å²) < 4.78 is 5.58. The first kappa shape index (κ1) is 31.0. The highest BCUT2D eigenvalue weighted by atomic mass is 16.5. The van der Waals surface area contributed by atoms with Crippen LogP contribution in [0.4, 0.5) is 11.9 Å². The number of ether oxygens (including phenoxy) is 1. The Bertz CT molecular complexity index is 909. The molecule has 0 saturated carbocycles. The van der Waals surface area contributed by atoms with Crippen molar-refractivity contribution in [2.24, 2.45) is 0 Å². The maximum Gasteiger partial charge on any atom is 0.231 e. The number of hydrogen-bond donors (Lipinski definition) is 2. The topological polar surface area (TPSA) is 81.7 Å². The van der Waals surface area contributed by atoms with Crippen molar-refractivity contribution < 1.29 is 4.74 Å². The van der Waals surface area contributed by atoms with Crippen molar-refractivity contribution in [3.05, 3.63) is 5.82 Å². The van der Waals surface area contributed by atoms with Gasteiger partial charge < -0.3 is 25.2 Å². The molecular weight excluding hydrogens is 476 g/mol. The zero-order valence-corrected chi connectivity index (χ0v) is 25.1. The fraction of sp³-hybridized carbons (Fsp3) is 0.897. The second-order valence-corrected chi connectivity index (χ2v) is 14.4. The van der Waals surface area contributed by atoms with Crippen LogP contribution in [0.2, 0.25) is 0 Å². The molecule has 9 heteroatoms. The highest BCUT2D eigenvalue weighted by molar-refractivity contribution is 5.41. The molecule has 1 aromatic rings. The van der Waals surface area contributed by atoms with Gasteiger partial charge in [0, 0.05) is 47.3 Å². The molecule has 3 aliphatic rings. The first-order valence-electron chi connectivity index (χ1n) is 14.1. The highest BCUT2D eigenvalue weighted by Crippen LogP contribution is 2.35. The van der Waals surface area contributed by atoms with E-state index in [1.165, 1.54) is 0 Å². The summed E-state index contributed by atoms with van der Waals surface area (Å²) in [6, 6.07) is 0.786. The van der Waals surface area contributed by atoms with E-state index in [2.05, 4.69) is 87.8 Å². The van der Waals surface area contributed by atoms with Crippen LogP contribution < -0.4 is 20.4 Å². The number of morpholine rings is 1. The molecule has 0 aromatic carbocycles. The van der Waals surface area contributed by atoms with Crippen LogP contribution in [0.5, 0.6) is 0 Å². The summed E-state index contributed by atoms with van der Waals surface area (Å²) in [6.45, 7) is 24.4. The van der Waals surface area contributed by atoms with Gasteiger partial charge in [0.2, 0.25) is 11.9 Å².